The number of halogens is 7. The van der Waals surface area contributed by atoms with Crippen LogP contribution >= 0.6 is 22.6 Å². The van der Waals surface area contributed by atoms with Gasteiger partial charge in [-0.1, -0.05) is 0 Å². The zero-order chi connectivity index (χ0) is 16.4. The second-order valence-corrected chi connectivity index (χ2v) is 4.73. The fourth-order valence-corrected chi connectivity index (χ4v) is 1.97. The van der Waals surface area contributed by atoms with Crippen molar-refractivity contribution in [2.45, 2.75) is 19.0 Å². The quantitative estimate of drug-likeness (QED) is 0.421. The fraction of sp³-hybridized carbons (Fsp3) is 0.400. The van der Waals surface area contributed by atoms with Gasteiger partial charge in [0.25, 0.3) is 0 Å². The van der Waals surface area contributed by atoms with Gasteiger partial charge in [-0.2, -0.15) is 13.2 Å². The lowest BCUT2D eigenvalue weighted by Gasteiger charge is -2.16. The zero-order valence-electron chi connectivity index (χ0n) is 10.1. The van der Waals surface area contributed by atoms with E-state index in [4.69, 9.17) is 0 Å². The van der Waals surface area contributed by atoms with Crippen LogP contribution in [0, 0.1) is 3.57 Å². The summed E-state index contributed by atoms with van der Waals surface area (Å²) in [5, 5.41) is 0. The van der Waals surface area contributed by atoms with Crippen LogP contribution in [0.4, 0.5) is 26.3 Å². The third-order valence-electron chi connectivity index (χ3n) is 2.05. The number of esters is 1. The van der Waals surface area contributed by atoms with Gasteiger partial charge in [0.15, 0.2) is 5.75 Å². The summed E-state index contributed by atoms with van der Waals surface area (Å²) in [4.78, 5) is 14.1. The van der Waals surface area contributed by atoms with Gasteiger partial charge in [0.05, 0.1) is 22.8 Å². The Morgan fingerprint density at radius 2 is 1.86 bits per heavy atom. The van der Waals surface area contributed by atoms with E-state index in [9.17, 15) is 31.1 Å². The van der Waals surface area contributed by atoms with Crippen LogP contribution in [0.2, 0.25) is 0 Å². The number of hydrogen-bond donors (Lipinski definition) is 0. The van der Waals surface area contributed by atoms with Gasteiger partial charge in [-0.25, -0.2) is 4.98 Å². The largest absolute Gasteiger partial charge is 0.573 e. The highest BCUT2D eigenvalue weighted by molar-refractivity contribution is 14.1. The van der Waals surface area contributed by atoms with E-state index in [-0.39, 0.29) is 0 Å². The minimum atomic E-state index is -5.13. The number of alkyl halides is 6. The third kappa shape index (κ3) is 5.21. The van der Waals surface area contributed by atoms with Crippen LogP contribution in [0.25, 0.3) is 0 Å². The molecule has 0 saturated heterocycles. The van der Waals surface area contributed by atoms with Gasteiger partial charge in [0.2, 0.25) is 0 Å². The minimum Gasteiger partial charge on any atom is -0.469 e. The molecule has 0 atom stereocenters. The van der Waals surface area contributed by atoms with Gasteiger partial charge in [0.1, 0.15) is 5.69 Å². The summed E-state index contributed by atoms with van der Waals surface area (Å²) in [7, 11) is 0.936. The summed E-state index contributed by atoms with van der Waals surface area (Å²) >= 11 is 1.23. The van der Waals surface area contributed by atoms with Crippen molar-refractivity contribution >= 4 is 28.6 Å². The van der Waals surface area contributed by atoms with Crippen LogP contribution < -0.4 is 4.74 Å². The summed E-state index contributed by atoms with van der Waals surface area (Å²) in [5.74, 6) is -2.01. The first kappa shape index (κ1) is 17.8. The summed E-state index contributed by atoms with van der Waals surface area (Å²) in [6.07, 6.45) is -10.9. The van der Waals surface area contributed by atoms with Crippen LogP contribution in [-0.4, -0.2) is 24.4 Å². The standard InChI is InChI=1S/C10H6F6INO3/c1-20-7(19)3-5-8(21-10(14,15)16)4(17)2-6(18-5)9(11,12)13/h2H,3H2,1H3. The second-order valence-electron chi connectivity index (χ2n) is 3.56. The van der Waals surface area contributed by atoms with Gasteiger partial charge < -0.3 is 9.47 Å². The van der Waals surface area contributed by atoms with E-state index in [1.54, 1.807) is 0 Å². The van der Waals surface area contributed by atoms with E-state index in [1.165, 1.54) is 22.6 Å². The maximum Gasteiger partial charge on any atom is 0.573 e. The van der Waals surface area contributed by atoms with E-state index in [0.717, 1.165) is 7.11 Å². The SMILES string of the molecule is COC(=O)Cc1nc(C(F)(F)F)cc(I)c1OC(F)(F)F. The van der Waals surface area contributed by atoms with Crippen molar-refractivity contribution in [3.05, 3.63) is 21.0 Å². The predicted molar refractivity (Wildman–Crippen MR) is 64.4 cm³/mol. The molecule has 0 N–H and O–H groups in total. The van der Waals surface area contributed by atoms with Crippen molar-refractivity contribution in [3.63, 3.8) is 0 Å². The Labute approximate surface area is 127 Å². The molecule has 0 radical (unpaired) electrons. The fourth-order valence-electron chi connectivity index (χ4n) is 1.25. The number of hydrogen-bond acceptors (Lipinski definition) is 4. The molecule has 0 aliphatic rings. The first-order valence-corrected chi connectivity index (χ1v) is 6.11. The second kappa shape index (κ2) is 6.23. The van der Waals surface area contributed by atoms with Gasteiger partial charge >= 0.3 is 18.5 Å². The van der Waals surface area contributed by atoms with Crippen LogP contribution in [-0.2, 0) is 22.1 Å². The lowest BCUT2D eigenvalue weighted by atomic mass is 10.2. The molecule has 0 spiro atoms. The molecule has 1 aromatic rings. The molecule has 11 heteroatoms. The maximum atomic E-state index is 12.6. The van der Waals surface area contributed by atoms with Crippen LogP contribution in [0.5, 0.6) is 5.75 Å². The molecule has 118 valence electrons. The van der Waals surface area contributed by atoms with Crippen LogP contribution in [0.3, 0.4) is 0 Å². The number of rotatable bonds is 3. The number of carbonyl (C=O) groups is 1. The average molecular weight is 429 g/mol. The first-order chi connectivity index (χ1) is 9.44. The van der Waals surface area contributed by atoms with Crippen LogP contribution in [0.15, 0.2) is 6.07 Å². The molecule has 0 fully saturated rings. The number of pyridine rings is 1. The Morgan fingerprint density at radius 3 is 2.29 bits per heavy atom. The summed E-state index contributed by atoms with van der Waals surface area (Å²) in [6, 6.07) is 0.391. The molecule has 0 aliphatic heterocycles. The molecule has 1 aromatic heterocycles. The molecule has 0 saturated carbocycles. The minimum absolute atomic E-state index is 0.391. The Hall–Kier alpha value is -1.27. The third-order valence-corrected chi connectivity index (χ3v) is 2.85. The molecular formula is C10H6F6INO3. The molecule has 1 heterocycles. The lowest BCUT2D eigenvalue weighted by molar-refractivity contribution is -0.275. The lowest BCUT2D eigenvalue weighted by Crippen LogP contribution is -2.22. The highest BCUT2D eigenvalue weighted by Gasteiger charge is 2.38. The van der Waals surface area contributed by atoms with Gasteiger partial charge in [-0.05, 0) is 28.7 Å². The van der Waals surface area contributed by atoms with Gasteiger partial charge in [0, 0.05) is 0 Å². The Kier molecular flexibility index (Phi) is 5.28. The molecule has 0 aliphatic carbocycles. The Balaban J connectivity index is 3.37. The predicted octanol–water partition coefficient (Wildman–Crippen LogP) is 3.32. The van der Waals surface area contributed by atoms with E-state index in [0.29, 0.717) is 6.07 Å². The number of aromatic nitrogens is 1. The summed E-state index contributed by atoms with van der Waals surface area (Å²) in [6.45, 7) is 0. The number of methoxy groups -OCH3 is 1. The molecular weight excluding hydrogens is 423 g/mol. The van der Waals surface area contributed by atoms with Gasteiger partial charge in [-0.3, -0.25) is 4.79 Å². The Morgan fingerprint density at radius 1 is 1.29 bits per heavy atom. The molecule has 1 rings (SSSR count). The van der Waals surface area contributed by atoms with Crippen molar-refractivity contribution in [1.82, 2.24) is 4.98 Å². The molecule has 0 aromatic carbocycles. The molecule has 0 amide bonds. The first-order valence-electron chi connectivity index (χ1n) is 5.03. The van der Waals surface area contributed by atoms with Crippen molar-refractivity contribution in [2.75, 3.05) is 7.11 Å². The number of ether oxygens (including phenoxy) is 2. The monoisotopic (exact) mass is 429 g/mol. The van der Waals surface area contributed by atoms with Crippen molar-refractivity contribution in [2.24, 2.45) is 0 Å². The van der Waals surface area contributed by atoms with E-state index >= 15 is 0 Å². The van der Waals surface area contributed by atoms with E-state index in [1.807, 2.05) is 0 Å². The van der Waals surface area contributed by atoms with E-state index in [2.05, 4.69) is 14.5 Å². The summed E-state index contributed by atoms with van der Waals surface area (Å²) in [5.41, 5.74) is -2.24. The topological polar surface area (TPSA) is 48.4 Å². The zero-order valence-corrected chi connectivity index (χ0v) is 12.3. The van der Waals surface area contributed by atoms with Crippen molar-refractivity contribution < 1.29 is 40.6 Å². The molecule has 21 heavy (non-hydrogen) atoms. The molecule has 4 nitrogen and oxygen atoms in total. The summed E-state index contributed by atoms with van der Waals surface area (Å²) < 4.78 is 81.9. The maximum absolute atomic E-state index is 12.6. The average Bonchev–Trinajstić information content (AvgIpc) is 2.30. The molecule has 0 bridgehead atoms. The van der Waals surface area contributed by atoms with Crippen LogP contribution in [0.1, 0.15) is 11.4 Å². The van der Waals surface area contributed by atoms with E-state index < -0.39 is 45.6 Å². The number of carbonyl (C=O) groups excluding carboxylic acids is 1. The van der Waals surface area contributed by atoms with Crippen molar-refractivity contribution in [3.8, 4) is 5.75 Å². The highest BCUT2D eigenvalue weighted by Crippen LogP contribution is 2.36. The van der Waals surface area contributed by atoms with Crippen molar-refractivity contribution in [1.29, 1.82) is 0 Å². The highest BCUT2D eigenvalue weighted by atomic mass is 127. The number of nitrogens with zero attached hydrogens (tertiary/aromatic N) is 1. The molecule has 0 unspecified atom stereocenters. The Bertz CT molecular complexity index is 543. The van der Waals surface area contributed by atoms with Gasteiger partial charge in [-0.15, -0.1) is 13.2 Å². The smallest absolute Gasteiger partial charge is 0.469 e. The normalized spacial score (nSPS) is 12.2.